The number of allylic oxidation sites excluding steroid dienone is 3. The van der Waals surface area contributed by atoms with Crippen molar-refractivity contribution in [2.24, 2.45) is 17.6 Å². The molecule has 3 nitrogen and oxygen atoms in total. The van der Waals surface area contributed by atoms with Crippen LogP contribution in [0.5, 0.6) is 0 Å². The lowest BCUT2D eigenvalue weighted by Gasteiger charge is -2.27. The van der Waals surface area contributed by atoms with E-state index in [1.807, 2.05) is 26.8 Å². The lowest BCUT2D eigenvalue weighted by atomic mass is 9.78. The topological polar surface area (TPSA) is 73.7 Å². The van der Waals surface area contributed by atoms with Gasteiger partial charge in [-0.1, -0.05) is 31.6 Å². The van der Waals surface area contributed by atoms with Gasteiger partial charge in [0.1, 0.15) is 0 Å². The van der Waals surface area contributed by atoms with Crippen LogP contribution in [0, 0.1) is 22.7 Å². The molecule has 0 spiro atoms. The predicted octanol–water partition coefficient (Wildman–Crippen LogP) is 4.34. The standard InChI is InChI=1S/C17H31N3/c1-5-6-10-15(14(4)19)16(17(20)13(2)3)11-8-7-9-12-18/h5-6,15-16,19-20H,2,7-12,18H2,1,3-4H3. The Morgan fingerprint density at radius 1 is 1.15 bits per heavy atom. The van der Waals surface area contributed by atoms with E-state index in [4.69, 9.17) is 16.6 Å². The van der Waals surface area contributed by atoms with Gasteiger partial charge in [-0.3, -0.25) is 0 Å². The van der Waals surface area contributed by atoms with Crippen LogP contribution in [0.15, 0.2) is 24.3 Å². The van der Waals surface area contributed by atoms with Crippen LogP contribution in [0.3, 0.4) is 0 Å². The molecule has 0 aromatic rings. The number of nitrogens with one attached hydrogen (secondary N) is 2. The van der Waals surface area contributed by atoms with E-state index in [2.05, 4.69) is 12.7 Å². The first-order valence-corrected chi connectivity index (χ1v) is 7.56. The van der Waals surface area contributed by atoms with Gasteiger partial charge >= 0.3 is 0 Å². The molecule has 0 heterocycles. The largest absolute Gasteiger partial charge is 0.330 e. The zero-order chi connectivity index (χ0) is 15.5. The molecule has 20 heavy (non-hydrogen) atoms. The zero-order valence-corrected chi connectivity index (χ0v) is 13.3. The van der Waals surface area contributed by atoms with Gasteiger partial charge in [0.2, 0.25) is 0 Å². The van der Waals surface area contributed by atoms with Crippen LogP contribution in [0.4, 0.5) is 0 Å². The molecule has 0 amide bonds. The van der Waals surface area contributed by atoms with Crippen molar-refractivity contribution in [3.05, 3.63) is 24.3 Å². The lowest BCUT2D eigenvalue weighted by molar-refractivity contribution is 0.467. The van der Waals surface area contributed by atoms with Crippen molar-refractivity contribution in [3.63, 3.8) is 0 Å². The maximum absolute atomic E-state index is 8.30. The van der Waals surface area contributed by atoms with Gasteiger partial charge in [-0.2, -0.15) is 0 Å². The highest BCUT2D eigenvalue weighted by atomic mass is 14.5. The highest BCUT2D eigenvalue weighted by Gasteiger charge is 2.26. The van der Waals surface area contributed by atoms with Gasteiger partial charge in [-0.05, 0) is 52.2 Å². The molecule has 0 aliphatic rings. The van der Waals surface area contributed by atoms with E-state index in [1.165, 1.54) is 0 Å². The molecule has 2 atom stereocenters. The Kier molecular flexibility index (Phi) is 9.91. The molecule has 0 aromatic carbocycles. The lowest BCUT2D eigenvalue weighted by Crippen LogP contribution is -2.28. The first-order chi connectivity index (χ1) is 9.45. The Morgan fingerprint density at radius 2 is 1.80 bits per heavy atom. The van der Waals surface area contributed by atoms with Gasteiger partial charge in [-0.25, -0.2) is 0 Å². The van der Waals surface area contributed by atoms with Crippen molar-refractivity contribution in [1.82, 2.24) is 0 Å². The number of nitrogens with two attached hydrogens (primary N) is 1. The summed E-state index contributed by atoms with van der Waals surface area (Å²) in [6.45, 7) is 10.4. The van der Waals surface area contributed by atoms with Gasteiger partial charge < -0.3 is 16.6 Å². The number of hydrogen-bond donors (Lipinski definition) is 3. The molecule has 3 heteroatoms. The molecule has 0 fully saturated rings. The minimum atomic E-state index is 0.110. The molecule has 0 saturated carbocycles. The van der Waals surface area contributed by atoms with Crippen molar-refractivity contribution < 1.29 is 0 Å². The fourth-order valence-electron chi connectivity index (χ4n) is 2.47. The Morgan fingerprint density at radius 3 is 2.25 bits per heavy atom. The fourth-order valence-corrected chi connectivity index (χ4v) is 2.47. The average Bonchev–Trinajstić information content (AvgIpc) is 2.40. The van der Waals surface area contributed by atoms with E-state index < -0.39 is 0 Å². The monoisotopic (exact) mass is 277 g/mol. The van der Waals surface area contributed by atoms with Gasteiger partial charge in [0.25, 0.3) is 0 Å². The quantitative estimate of drug-likeness (QED) is 0.293. The van der Waals surface area contributed by atoms with Gasteiger partial charge in [0.15, 0.2) is 0 Å². The average molecular weight is 277 g/mol. The molecular weight excluding hydrogens is 246 g/mol. The summed E-state index contributed by atoms with van der Waals surface area (Å²) in [6.07, 6.45) is 9.11. The summed E-state index contributed by atoms with van der Waals surface area (Å²) in [7, 11) is 0. The van der Waals surface area contributed by atoms with Crippen LogP contribution in [-0.2, 0) is 0 Å². The second-order valence-electron chi connectivity index (χ2n) is 5.53. The molecule has 4 N–H and O–H groups in total. The molecule has 0 radical (unpaired) electrons. The molecule has 0 aliphatic heterocycles. The van der Waals surface area contributed by atoms with Crippen LogP contribution in [-0.4, -0.2) is 18.0 Å². The smallest absolute Gasteiger partial charge is 0.0374 e. The van der Waals surface area contributed by atoms with Gasteiger partial charge in [-0.15, -0.1) is 0 Å². The minimum Gasteiger partial charge on any atom is -0.330 e. The summed E-state index contributed by atoms with van der Waals surface area (Å²) in [5.74, 6) is 0.229. The van der Waals surface area contributed by atoms with E-state index >= 15 is 0 Å². The second-order valence-corrected chi connectivity index (χ2v) is 5.53. The fraction of sp³-hybridized carbons (Fsp3) is 0.647. The third-order valence-corrected chi connectivity index (χ3v) is 3.72. The third-order valence-electron chi connectivity index (χ3n) is 3.72. The van der Waals surface area contributed by atoms with E-state index in [0.717, 1.165) is 44.2 Å². The highest BCUT2D eigenvalue weighted by molar-refractivity contribution is 6.01. The van der Waals surface area contributed by atoms with Crippen molar-refractivity contribution >= 4 is 11.4 Å². The molecular formula is C17H31N3. The number of hydrogen-bond acceptors (Lipinski definition) is 3. The van der Waals surface area contributed by atoms with Crippen molar-refractivity contribution in [3.8, 4) is 0 Å². The van der Waals surface area contributed by atoms with Crippen LogP contribution in [0.25, 0.3) is 0 Å². The Labute approximate surface area is 124 Å². The van der Waals surface area contributed by atoms with Crippen molar-refractivity contribution in [2.75, 3.05) is 6.54 Å². The zero-order valence-electron chi connectivity index (χ0n) is 13.3. The summed E-state index contributed by atoms with van der Waals surface area (Å²) in [4.78, 5) is 0. The first kappa shape index (κ1) is 18.8. The Balaban J connectivity index is 4.89. The predicted molar refractivity (Wildman–Crippen MR) is 89.9 cm³/mol. The number of unbranched alkanes of at least 4 members (excludes halogenated alkanes) is 2. The minimum absolute atomic E-state index is 0.110. The highest BCUT2D eigenvalue weighted by Crippen LogP contribution is 2.27. The van der Waals surface area contributed by atoms with Crippen LogP contribution in [0.2, 0.25) is 0 Å². The van der Waals surface area contributed by atoms with Crippen molar-refractivity contribution in [1.29, 1.82) is 10.8 Å². The van der Waals surface area contributed by atoms with E-state index in [0.29, 0.717) is 11.4 Å². The van der Waals surface area contributed by atoms with Crippen LogP contribution in [0.1, 0.15) is 52.9 Å². The maximum Gasteiger partial charge on any atom is 0.0374 e. The molecule has 0 aromatic heterocycles. The maximum atomic E-state index is 8.30. The summed E-state index contributed by atoms with van der Waals surface area (Å²) in [6, 6.07) is 0. The molecule has 0 aliphatic carbocycles. The molecule has 0 rings (SSSR count). The van der Waals surface area contributed by atoms with Gasteiger partial charge in [0.05, 0.1) is 0 Å². The molecule has 2 unspecified atom stereocenters. The molecule has 114 valence electrons. The summed E-state index contributed by atoms with van der Waals surface area (Å²) in [5, 5.41) is 16.3. The summed E-state index contributed by atoms with van der Waals surface area (Å²) in [5.41, 5.74) is 7.62. The van der Waals surface area contributed by atoms with Crippen LogP contribution >= 0.6 is 0 Å². The summed E-state index contributed by atoms with van der Waals surface area (Å²) >= 11 is 0. The van der Waals surface area contributed by atoms with Gasteiger partial charge in [0, 0.05) is 23.3 Å². The first-order valence-electron chi connectivity index (χ1n) is 7.56. The number of rotatable bonds is 11. The molecule has 0 saturated heterocycles. The third kappa shape index (κ3) is 6.80. The van der Waals surface area contributed by atoms with E-state index in [-0.39, 0.29) is 11.8 Å². The Hall–Kier alpha value is -1.22. The van der Waals surface area contributed by atoms with Crippen LogP contribution < -0.4 is 5.73 Å². The Bertz CT molecular complexity index is 355. The molecule has 0 bridgehead atoms. The second kappa shape index (κ2) is 10.6. The van der Waals surface area contributed by atoms with E-state index in [9.17, 15) is 0 Å². The normalized spacial score (nSPS) is 14.2. The SMILES string of the molecule is C=C(C)C(=N)C(CCCCCN)C(CC=CC)C(C)=N. The van der Waals surface area contributed by atoms with E-state index in [1.54, 1.807) is 0 Å². The van der Waals surface area contributed by atoms with Crippen molar-refractivity contribution in [2.45, 2.75) is 52.9 Å². The summed E-state index contributed by atoms with van der Waals surface area (Å²) < 4.78 is 0.